The minimum Gasteiger partial charge on any atom is -0.486 e. The lowest BCUT2D eigenvalue weighted by atomic mass is 10.2. The maximum Gasteiger partial charge on any atom is 0.251 e. The number of nitrogens with one attached hydrogen (secondary N) is 2. The van der Waals surface area contributed by atoms with Gasteiger partial charge >= 0.3 is 0 Å². The third-order valence-corrected chi connectivity index (χ3v) is 3.32. The van der Waals surface area contributed by atoms with E-state index in [0.29, 0.717) is 23.7 Å². The molecule has 2 amide bonds. The van der Waals surface area contributed by atoms with E-state index in [9.17, 15) is 9.59 Å². The summed E-state index contributed by atoms with van der Waals surface area (Å²) in [4.78, 5) is 23.3. The topological polar surface area (TPSA) is 111 Å². The molecule has 0 fully saturated rings. The summed E-state index contributed by atoms with van der Waals surface area (Å²) in [5.74, 6) is 0.678. The number of hydrogen-bond acceptors (Lipinski definition) is 6. The Morgan fingerprint density at radius 1 is 1.20 bits per heavy atom. The molecule has 1 aromatic heterocycles. The molecule has 134 valence electrons. The fourth-order valence-electron chi connectivity index (χ4n) is 2.08. The number of nitrogens with zero attached hydrogens (tertiary/aromatic N) is 4. The number of likely N-dealkylation sites (N-methyl/N-ethyl adjacent to an activating group) is 1. The first-order chi connectivity index (χ1) is 12.0. The second-order valence-corrected chi connectivity index (χ2v) is 5.58. The van der Waals surface area contributed by atoms with Crippen LogP contribution in [0, 0.1) is 0 Å². The van der Waals surface area contributed by atoms with Crippen LogP contribution in [0.1, 0.15) is 43.0 Å². The van der Waals surface area contributed by atoms with Gasteiger partial charge in [0.2, 0.25) is 5.91 Å². The van der Waals surface area contributed by atoms with E-state index in [1.165, 1.54) is 0 Å². The Kier molecular flexibility index (Phi) is 6.44. The van der Waals surface area contributed by atoms with Gasteiger partial charge in [0.15, 0.2) is 5.82 Å². The molecule has 0 saturated carbocycles. The van der Waals surface area contributed by atoms with Crippen LogP contribution >= 0.6 is 0 Å². The molecule has 0 atom stereocenters. The zero-order chi connectivity index (χ0) is 18.2. The summed E-state index contributed by atoms with van der Waals surface area (Å²) in [7, 11) is 0. The van der Waals surface area contributed by atoms with Crippen LogP contribution in [0.15, 0.2) is 24.3 Å². The first-order valence-corrected chi connectivity index (χ1v) is 8.05. The highest BCUT2D eigenvalue weighted by Gasteiger charge is 2.11. The van der Waals surface area contributed by atoms with Crippen molar-refractivity contribution in [3.05, 3.63) is 35.7 Å². The summed E-state index contributed by atoms with van der Waals surface area (Å²) in [5, 5.41) is 16.6. The third-order valence-electron chi connectivity index (χ3n) is 3.32. The number of amides is 2. The molecule has 0 radical (unpaired) electrons. The summed E-state index contributed by atoms with van der Waals surface area (Å²) < 4.78 is 7.33. The SMILES string of the molecule is CCNC(=O)CNC(=O)c1ccc(OCc2nnnn2C(C)C)cc1. The average molecular weight is 346 g/mol. The number of hydrogen-bond donors (Lipinski definition) is 2. The van der Waals surface area contributed by atoms with Crippen molar-refractivity contribution in [2.24, 2.45) is 0 Å². The molecule has 25 heavy (non-hydrogen) atoms. The predicted molar refractivity (Wildman–Crippen MR) is 90.0 cm³/mol. The number of carbonyl (C=O) groups is 2. The molecule has 1 aromatic carbocycles. The van der Waals surface area contributed by atoms with Gasteiger partial charge < -0.3 is 15.4 Å². The van der Waals surface area contributed by atoms with Crippen LogP contribution in [0.3, 0.4) is 0 Å². The molecular weight excluding hydrogens is 324 g/mol. The number of rotatable bonds is 8. The van der Waals surface area contributed by atoms with E-state index in [0.717, 1.165) is 0 Å². The number of benzene rings is 1. The Morgan fingerprint density at radius 3 is 2.56 bits per heavy atom. The van der Waals surface area contributed by atoms with Crippen LogP contribution in [-0.4, -0.2) is 45.1 Å². The minimum absolute atomic E-state index is 0.0528. The third kappa shape index (κ3) is 5.27. The van der Waals surface area contributed by atoms with E-state index in [1.54, 1.807) is 28.9 Å². The molecule has 0 unspecified atom stereocenters. The van der Waals surface area contributed by atoms with E-state index in [1.807, 2.05) is 20.8 Å². The quantitative estimate of drug-likeness (QED) is 0.728. The van der Waals surface area contributed by atoms with Crippen LogP contribution in [-0.2, 0) is 11.4 Å². The zero-order valence-electron chi connectivity index (χ0n) is 14.5. The average Bonchev–Trinajstić information content (AvgIpc) is 3.07. The molecule has 0 aliphatic carbocycles. The molecule has 0 aliphatic heterocycles. The van der Waals surface area contributed by atoms with Crippen LogP contribution < -0.4 is 15.4 Å². The van der Waals surface area contributed by atoms with Gasteiger partial charge in [-0.25, -0.2) is 4.68 Å². The standard InChI is InChI=1S/C16H22N6O3/c1-4-17-15(23)9-18-16(24)12-5-7-13(8-6-12)25-10-14-19-20-21-22(14)11(2)3/h5-8,11H,4,9-10H2,1-3H3,(H,17,23)(H,18,24). The highest BCUT2D eigenvalue weighted by atomic mass is 16.5. The molecule has 2 rings (SSSR count). The molecular formula is C16H22N6O3. The first-order valence-electron chi connectivity index (χ1n) is 8.05. The van der Waals surface area contributed by atoms with E-state index in [-0.39, 0.29) is 31.0 Å². The van der Waals surface area contributed by atoms with E-state index in [2.05, 4.69) is 26.2 Å². The van der Waals surface area contributed by atoms with Crippen LogP contribution in [0.2, 0.25) is 0 Å². The first kappa shape index (κ1) is 18.4. The van der Waals surface area contributed by atoms with Crippen molar-refractivity contribution in [1.29, 1.82) is 0 Å². The summed E-state index contributed by atoms with van der Waals surface area (Å²) in [5.41, 5.74) is 0.448. The fourth-order valence-corrected chi connectivity index (χ4v) is 2.08. The smallest absolute Gasteiger partial charge is 0.251 e. The van der Waals surface area contributed by atoms with Gasteiger partial charge in [0.05, 0.1) is 12.6 Å². The fraction of sp³-hybridized carbons (Fsp3) is 0.438. The highest BCUT2D eigenvalue weighted by Crippen LogP contribution is 2.14. The maximum atomic E-state index is 12.0. The van der Waals surface area contributed by atoms with Gasteiger partial charge in [0.25, 0.3) is 5.91 Å². The second-order valence-electron chi connectivity index (χ2n) is 5.58. The van der Waals surface area contributed by atoms with Gasteiger partial charge in [0.1, 0.15) is 12.4 Å². The lowest BCUT2D eigenvalue weighted by molar-refractivity contribution is -0.120. The number of aromatic nitrogens is 4. The zero-order valence-corrected chi connectivity index (χ0v) is 14.5. The van der Waals surface area contributed by atoms with Crippen LogP contribution in [0.4, 0.5) is 0 Å². The van der Waals surface area contributed by atoms with Crippen molar-refractivity contribution in [2.75, 3.05) is 13.1 Å². The minimum atomic E-state index is -0.318. The lowest BCUT2D eigenvalue weighted by Crippen LogP contribution is -2.36. The summed E-state index contributed by atoms with van der Waals surface area (Å²) in [6, 6.07) is 6.78. The van der Waals surface area contributed by atoms with Gasteiger partial charge in [-0.3, -0.25) is 9.59 Å². The van der Waals surface area contributed by atoms with Crippen molar-refractivity contribution in [1.82, 2.24) is 30.8 Å². The van der Waals surface area contributed by atoms with Gasteiger partial charge in [-0.1, -0.05) is 0 Å². The van der Waals surface area contributed by atoms with Crippen molar-refractivity contribution in [2.45, 2.75) is 33.4 Å². The molecule has 9 nitrogen and oxygen atoms in total. The molecule has 2 N–H and O–H groups in total. The van der Waals surface area contributed by atoms with Crippen molar-refractivity contribution in [3.63, 3.8) is 0 Å². The van der Waals surface area contributed by atoms with Crippen molar-refractivity contribution < 1.29 is 14.3 Å². The van der Waals surface area contributed by atoms with Gasteiger partial charge in [-0.2, -0.15) is 0 Å². The van der Waals surface area contributed by atoms with Crippen molar-refractivity contribution >= 4 is 11.8 Å². The Bertz CT molecular complexity index is 711. The van der Waals surface area contributed by atoms with Crippen LogP contribution in [0.25, 0.3) is 0 Å². The monoisotopic (exact) mass is 346 g/mol. The Hall–Kier alpha value is -2.97. The van der Waals surface area contributed by atoms with Gasteiger partial charge in [-0.05, 0) is 55.5 Å². The van der Waals surface area contributed by atoms with E-state index < -0.39 is 0 Å². The molecule has 9 heteroatoms. The largest absolute Gasteiger partial charge is 0.486 e. The Balaban J connectivity index is 1.88. The predicted octanol–water partition coefficient (Wildman–Crippen LogP) is 0.699. The molecule has 0 bridgehead atoms. The lowest BCUT2D eigenvalue weighted by Gasteiger charge is -2.10. The molecule has 0 saturated heterocycles. The molecule has 1 heterocycles. The molecule has 0 spiro atoms. The Labute approximate surface area is 145 Å². The van der Waals surface area contributed by atoms with E-state index in [4.69, 9.17) is 4.74 Å². The summed E-state index contributed by atoms with van der Waals surface area (Å²) in [6.45, 7) is 6.48. The van der Waals surface area contributed by atoms with E-state index >= 15 is 0 Å². The highest BCUT2D eigenvalue weighted by molar-refractivity contribution is 5.96. The van der Waals surface area contributed by atoms with Crippen LogP contribution in [0.5, 0.6) is 5.75 Å². The molecule has 2 aromatic rings. The van der Waals surface area contributed by atoms with Gasteiger partial charge in [0, 0.05) is 12.1 Å². The number of tetrazole rings is 1. The molecule has 0 aliphatic rings. The summed E-state index contributed by atoms with van der Waals surface area (Å²) in [6.07, 6.45) is 0. The maximum absolute atomic E-state index is 12.0. The normalized spacial score (nSPS) is 10.6. The number of carbonyl (C=O) groups excluding carboxylic acids is 2. The van der Waals surface area contributed by atoms with Crippen molar-refractivity contribution in [3.8, 4) is 5.75 Å². The number of ether oxygens (including phenoxy) is 1. The Morgan fingerprint density at radius 2 is 1.92 bits per heavy atom. The second kappa shape index (κ2) is 8.76. The van der Waals surface area contributed by atoms with Gasteiger partial charge in [-0.15, -0.1) is 5.10 Å². The summed E-state index contributed by atoms with van der Waals surface area (Å²) >= 11 is 0.